The lowest BCUT2D eigenvalue weighted by atomic mass is 10.1. The highest BCUT2D eigenvalue weighted by atomic mass is 35.5. The number of benzene rings is 2. The van der Waals surface area contributed by atoms with Gasteiger partial charge in [-0.15, -0.1) is 0 Å². The Bertz CT molecular complexity index is 1410. The molecule has 0 spiro atoms. The van der Waals surface area contributed by atoms with Crippen molar-refractivity contribution in [3.05, 3.63) is 99.1 Å². The van der Waals surface area contributed by atoms with Crippen LogP contribution < -0.4 is 20.3 Å². The number of pyridine rings is 2. The van der Waals surface area contributed by atoms with Gasteiger partial charge >= 0.3 is 6.18 Å². The Morgan fingerprint density at radius 3 is 2.47 bits per heavy atom. The van der Waals surface area contributed by atoms with Gasteiger partial charge in [0.05, 0.1) is 30.4 Å². The fraction of sp³-hybridized carbons (Fsp3) is 0.231. The third-order valence-electron chi connectivity index (χ3n) is 5.54. The molecule has 0 radical (unpaired) electrons. The van der Waals surface area contributed by atoms with E-state index in [1.807, 2.05) is 6.07 Å². The Balaban J connectivity index is 1.51. The van der Waals surface area contributed by atoms with Crippen LogP contribution in [-0.2, 0) is 25.8 Å². The molecule has 0 bridgehead atoms. The van der Waals surface area contributed by atoms with Gasteiger partial charge in [0.2, 0.25) is 0 Å². The van der Waals surface area contributed by atoms with Gasteiger partial charge in [-0.05, 0) is 60.0 Å². The smallest absolute Gasteiger partial charge is 0.416 e. The van der Waals surface area contributed by atoms with Crippen molar-refractivity contribution in [2.24, 2.45) is 0 Å². The molecular formula is C26H23ClF3N3O3. The quantitative estimate of drug-likeness (QED) is 0.320. The molecule has 36 heavy (non-hydrogen) atoms. The molecule has 4 aromatic rings. The van der Waals surface area contributed by atoms with E-state index in [0.29, 0.717) is 27.6 Å². The van der Waals surface area contributed by atoms with Crippen LogP contribution >= 0.6 is 11.6 Å². The fourth-order valence-corrected chi connectivity index (χ4v) is 3.92. The molecule has 2 aromatic heterocycles. The molecule has 2 heterocycles. The summed E-state index contributed by atoms with van der Waals surface area (Å²) in [6, 6.07) is 16.0. The molecule has 0 fully saturated rings. The maximum absolute atomic E-state index is 13.3. The lowest BCUT2D eigenvalue weighted by Crippen LogP contribution is -2.29. The molecule has 0 aliphatic rings. The first kappa shape index (κ1) is 25.5. The van der Waals surface area contributed by atoms with E-state index in [9.17, 15) is 18.0 Å². The summed E-state index contributed by atoms with van der Waals surface area (Å²) >= 11 is 6.18. The minimum Gasteiger partial charge on any atom is -0.497 e. The Hall–Kier alpha value is -3.56. The molecule has 0 aliphatic carbocycles. The predicted octanol–water partition coefficient (Wildman–Crippen LogP) is 5.45. The first-order valence-corrected chi connectivity index (χ1v) is 11.4. The van der Waals surface area contributed by atoms with Crippen LogP contribution in [-0.4, -0.2) is 23.3 Å². The van der Waals surface area contributed by atoms with Gasteiger partial charge in [-0.1, -0.05) is 17.7 Å². The van der Waals surface area contributed by atoms with Crippen molar-refractivity contribution in [2.45, 2.75) is 25.8 Å². The average molecular weight is 518 g/mol. The lowest BCUT2D eigenvalue weighted by Gasteiger charge is -2.15. The first-order chi connectivity index (χ1) is 17.2. The monoisotopic (exact) mass is 517 g/mol. The van der Waals surface area contributed by atoms with Gasteiger partial charge in [0.25, 0.3) is 5.56 Å². The zero-order valence-corrected chi connectivity index (χ0v) is 20.1. The number of nitrogens with one attached hydrogen (secondary N) is 1. The number of hydrogen-bond donors (Lipinski definition) is 1. The number of halogens is 4. The Labute approximate surface area is 210 Å². The molecule has 0 unspecified atom stereocenters. The highest BCUT2D eigenvalue weighted by Crippen LogP contribution is 2.29. The first-order valence-electron chi connectivity index (χ1n) is 11.1. The molecule has 188 valence electrons. The van der Waals surface area contributed by atoms with Gasteiger partial charge in [-0.2, -0.15) is 13.2 Å². The van der Waals surface area contributed by atoms with Gasteiger partial charge in [-0.3, -0.25) is 9.78 Å². The van der Waals surface area contributed by atoms with E-state index in [0.717, 1.165) is 23.7 Å². The number of methoxy groups -OCH3 is 1. The van der Waals surface area contributed by atoms with Crippen LogP contribution in [0.15, 0.2) is 71.7 Å². The normalized spacial score (nSPS) is 11.6. The number of ether oxygens (including phenoxy) is 2. The third-order valence-corrected chi connectivity index (χ3v) is 5.78. The summed E-state index contributed by atoms with van der Waals surface area (Å²) in [5.41, 5.74) is 0.338. The number of hydrogen-bond acceptors (Lipinski definition) is 5. The highest BCUT2D eigenvalue weighted by Gasteiger charge is 2.30. The second kappa shape index (κ2) is 11.0. The van der Waals surface area contributed by atoms with Gasteiger partial charge in [0, 0.05) is 29.9 Å². The number of nitrogens with zero attached hydrogens (tertiary/aromatic N) is 2. The summed E-state index contributed by atoms with van der Waals surface area (Å²) < 4.78 is 51.4. The second-order valence-corrected chi connectivity index (χ2v) is 8.43. The van der Waals surface area contributed by atoms with Crippen LogP contribution in [0.3, 0.4) is 0 Å². The number of rotatable bonds is 9. The second-order valence-electron chi connectivity index (χ2n) is 7.99. The van der Waals surface area contributed by atoms with E-state index in [1.165, 1.54) is 0 Å². The van der Waals surface area contributed by atoms with E-state index in [-0.39, 0.29) is 37.5 Å². The number of fused-ring (bicyclic) bond motifs is 1. The zero-order chi connectivity index (χ0) is 25.7. The van der Waals surface area contributed by atoms with Crippen LogP contribution in [0.1, 0.15) is 16.8 Å². The SMILES string of the molecule is COc1ccc(OCCn2c(=O)c(CNCc3cc(C(F)(F)F)ccn3)cc3ccc(Cl)cc32)cc1. The summed E-state index contributed by atoms with van der Waals surface area (Å²) in [5.74, 6) is 1.34. The van der Waals surface area contributed by atoms with Gasteiger partial charge in [-0.25, -0.2) is 0 Å². The van der Waals surface area contributed by atoms with Crippen molar-refractivity contribution >= 4 is 22.5 Å². The van der Waals surface area contributed by atoms with Crippen molar-refractivity contribution in [3.63, 3.8) is 0 Å². The van der Waals surface area contributed by atoms with E-state index < -0.39 is 11.7 Å². The van der Waals surface area contributed by atoms with E-state index >= 15 is 0 Å². The summed E-state index contributed by atoms with van der Waals surface area (Å²) in [6.45, 7) is 0.723. The number of alkyl halides is 3. The lowest BCUT2D eigenvalue weighted by molar-refractivity contribution is -0.137. The van der Waals surface area contributed by atoms with Gasteiger partial charge < -0.3 is 19.4 Å². The molecule has 10 heteroatoms. The van der Waals surface area contributed by atoms with Crippen LogP contribution in [0.5, 0.6) is 11.5 Å². The van der Waals surface area contributed by atoms with Gasteiger partial charge in [0.1, 0.15) is 18.1 Å². The predicted molar refractivity (Wildman–Crippen MR) is 131 cm³/mol. The minimum absolute atomic E-state index is 0.0720. The van der Waals surface area contributed by atoms with Crippen LogP contribution in [0.2, 0.25) is 5.02 Å². The van der Waals surface area contributed by atoms with E-state index in [1.54, 1.807) is 54.1 Å². The van der Waals surface area contributed by atoms with E-state index in [2.05, 4.69) is 10.3 Å². The van der Waals surface area contributed by atoms with Crippen LogP contribution in [0.25, 0.3) is 10.9 Å². The Morgan fingerprint density at radius 1 is 1.00 bits per heavy atom. The molecule has 0 amide bonds. The Kier molecular flexibility index (Phi) is 7.81. The highest BCUT2D eigenvalue weighted by molar-refractivity contribution is 6.31. The Morgan fingerprint density at radius 2 is 1.75 bits per heavy atom. The summed E-state index contributed by atoms with van der Waals surface area (Å²) in [5, 5.41) is 4.32. The third kappa shape index (κ3) is 6.16. The summed E-state index contributed by atoms with van der Waals surface area (Å²) in [4.78, 5) is 17.3. The molecule has 0 aliphatic heterocycles. The maximum atomic E-state index is 13.3. The standard InChI is InChI=1S/C26H23ClF3N3O3/c1-35-22-4-6-23(7-5-22)36-11-10-33-24-14-20(27)3-2-17(24)12-18(25(33)34)15-31-16-21-13-19(8-9-32-21)26(28,29)30/h2-9,12-14,31H,10-11,15-16H2,1H3. The largest absolute Gasteiger partial charge is 0.497 e. The minimum atomic E-state index is -4.45. The fourth-order valence-electron chi connectivity index (χ4n) is 3.76. The van der Waals surface area contributed by atoms with Crippen molar-refractivity contribution in [3.8, 4) is 11.5 Å². The average Bonchev–Trinajstić information content (AvgIpc) is 2.86. The van der Waals surface area contributed by atoms with Gasteiger partial charge in [0.15, 0.2) is 0 Å². The van der Waals surface area contributed by atoms with Crippen molar-refractivity contribution < 1.29 is 22.6 Å². The van der Waals surface area contributed by atoms with E-state index in [4.69, 9.17) is 21.1 Å². The van der Waals surface area contributed by atoms with Crippen molar-refractivity contribution in [2.75, 3.05) is 13.7 Å². The molecule has 1 N–H and O–H groups in total. The molecule has 2 aromatic carbocycles. The van der Waals surface area contributed by atoms with Crippen LogP contribution in [0, 0.1) is 0 Å². The molecule has 0 atom stereocenters. The molecule has 0 saturated heterocycles. The number of aromatic nitrogens is 2. The topological polar surface area (TPSA) is 65.4 Å². The molecule has 6 nitrogen and oxygen atoms in total. The summed E-state index contributed by atoms with van der Waals surface area (Å²) in [6.07, 6.45) is -3.33. The molecule has 0 saturated carbocycles. The van der Waals surface area contributed by atoms with Crippen LogP contribution in [0.4, 0.5) is 13.2 Å². The van der Waals surface area contributed by atoms with Crippen molar-refractivity contribution in [1.82, 2.24) is 14.9 Å². The zero-order valence-electron chi connectivity index (χ0n) is 19.3. The molecular weight excluding hydrogens is 495 g/mol. The maximum Gasteiger partial charge on any atom is 0.416 e. The summed E-state index contributed by atoms with van der Waals surface area (Å²) in [7, 11) is 1.58. The van der Waals surface area contributed by atoms with Crippen molar-refractivity contribution in [1.29, 1.82) is 0 Å². The molecule has 4 rings (SSSR count).